The van der Waals surface area contributed by atoms with E-state index in [0.717, 1.165) is 11.1 Å². The summed E-state index contributed by atoms with van der Waals surface area (Å²) in [4.78, 5) is 10.6. The normalized spacial score (nSPS) is 12.1. The lowest BCUT2D eigenvalue weighted by molar-refractivity contribution is -0.387. The van der Waals surface area contributed by atoms with Crippen LogP contribution in [-0.4, -0.2) is 14.9 Å². The van der Waals surface area contributed by atoms with Gasteiger partial charge in [0, 0.05) is 11.8 Å². The van der Waals surface area contributed by atoms with E-state index in [1.807, 2.05) is 0 Å². The van der Waals surface area contributed by atoms with Crippen LogP contribution in [0.1, 0.15) is 12.5 Å². The minimum absolute atomic E-state index is 0.0837. The third-order valence-corrected chi connectivity index (χ3v) is 3.52. The van der Waals surface area contributed by atoms with E-state index >= 15 is 0 Å². The summed E-state index contributed by atoms with van der Waals surface area (Å²) in [5, 5.41) is 10.8. The van der Waals surface area contributed by atoms with Crippen molar-refractivity contribution in [2.24, 2.45) is 0 Å². The van der Waals surface area contributed by atoms with Gasteiger partial charge >= 0.3 is 0 Å². The number of nitrogens with zero attached hydrogens (tertiary/aromatic N) is 1. The molecule has 0 bridgehead atoms. The van der Waals surface area contributed by atoms with Crippen LogP contribution in [0.15, 0.2) is 35.2 Å². The Morgan fingerprint density at radius 3 is 2.69 bits per heavy atom. The fourth-order valence-electron chi connectivity index (χ4n) is 1.26. The molecule has 1 rings (SSSR count). The molecule has 86 valence electrons. The maximum Gasteiger partial charge on any atom is 0.285 e. The standard InChI is InChI=1S/C11H13NO3S/c1-8(2)7-16(15)11-5-4-9(3)6-10(11)12(13)14/h4-6H,1,7H2,2-3H3. The number of rotatable bonds is 4. The molecular formula is C11H13NO3S. The molecule has 0 N–H and O–H groups in total. The lowest BCUT2D eigenvalue weighted by Crippen LogP contribution is -2.03. The number of benzene rings is 1. The van der Waals surface area contributed by atoms with Crippen molar-refractivity contribution >= 4 is 16.5 Å². The van der Waals surface area contributed by atoms with Gasteiger partial charge in [0.15, 0.2) is 0 Å². The van der Waals surface area contributed by atoms with Gasteiger partial charge in [-0.2, -0.15) is 0 Å². The van der Waals surface area contributed by atoms with Crippen molar-refractivity contribution in [1.82, 2.24) is 0 Å². The van der Waals surface area contributed by atoms with E-state index in [-0.39, 0.29) is 16.3 Å². The monoisotopic (exact) mass is 239 g/mol. The third kappa shape index (κ3) is 3.00. The fourth-order valence-corrected chi connectivity index (χ4v) is 2.45. The van der Waals surface area contributed by atoms with Crippen LogP contribution in [0.25, 0.3) is 0 Å². The van der Waals surface area contributed by atoms with E-state index in [1.54, 1.807) is 26.0 Å². The minimum atomic E-state index is -1.40. The molecule has 0 aliphatic rings. The zero-order chi connectivity index (χ0) is 12.3. The summed E-state index contributed by atoms with van der Waals surface area (Å²) in [6.07, 6.45) is 0. The van der Waals surface area contributed by atoms with Crippen molar-refractivity contribution in [3.8, 4) is 0 Å². The van der Waals surface area contributed by atoms with E-state index in [9.17, 15) is 14.3 Å². The molecule has 0 radical (unpaired) electrons. The smallest absolute Gasteiger partial charge is 0.258 e. The highest BCUT2D eigenvalue weighted by molar-refractivity contribution is 7.85. The van der Waals surface area contributed by atoms with Gasteiger partial charge in [0.25, 0.3) is 5.69 Å². The SMILES string of the molecule is C=C(C)CS(=O)c1ccc(C)cc1[N+](=O)[O-]. The van der Waals surface area contributed by atoms with Gasteiger partial charge in [0.05, 0.1) is 15.7 Å². The second-order valence-electron chi connectivity index (χ2n) is 3.68. The number of hydrogen-bond acceptors (Lipinski definition) is 3. The Hall–Kier alpha value is -1.49. The molecule has 1 atom stereocenters. The Morgan fingerprint density at radius 1 is 1.56 bits per heavy atom. The van der Waals surface area contributed by atoms with Gasteiger partial charge in [-0.3, -0.25) is 14.3 Å². The van der Waals surface area contributed by atoms with E-state index in [4.69, 9.17) is 0 Å². The largest absolute Gasteiger partial charge is 0.285 e. The Bertz CT molecular complexity index is 468. The van der Waals surface area contributed by atoms with E-state index in [0.29, 0.717) is 0 Å². The summed E-state index contributed by atoms with van der Waals surface area (Å²) in [6, 6.07) is 4.71. The van der Waals surface area contributed by atoms with Gasteiger partial charge in [0.1, 0.15) is 4.90 Å². The van der Waals surface area contributed by atoms with Crippen LogP contribution in [0.5, 0.6) is 0 Å². The summed E-state index contributed by atoms with van der Waals surface area (Å²) >= 11 is 0. The summed E-state index contributed by atoms with van der Waals surface area (Å²) < 4.78 is 11.8. The molecule has 0 amide bonds. The summed E-state index contributed by atoms with van der Waals surface area (Å²) in [5.41, 5.74) is 1.44. The van der Waals surface area contributed by atoms with E-state index < -0.39 is 15.7 Å². The van der Waals surface area contributed by atoms with Gasteiger partial charge in [-0.05, 0) is 25.5 Å². The van der Waals surface area contributed by atoms with Crippen LogP contribution in [0, 0.1) is 17.0 Å². The van der Waals surface area contributed by atoms with Crippen LogP contribution in [-0.2, 0) is 10.8 Å². The average Bonchev–Trinajstić information content (AvgIpc) is 2.16. The Balaban J connectivity index is 3.17. The van der Waals surface area contributed by atoms with Gasteiger partial charge in [-0.15, -0.1) is 0 Å². The number of nitro groups is 1. The van der Waals surface area contributed by atoms with Crippen molar-refractivity contribution in [3.63, 3.8) is 0 Å². The van der Waals surface area contributed by atoms with Gasteiger partial charge in [-0.1, -0.05) is 18.2 Å². The Morgan fingerprint density at radius 2 is 2.19 bits per heavy atom. The van der Waals surface area contributed by atoms with E-state index in [1.165, 1.54) is 6.07 Å². The quantitative estimate of drug-likeness (QED) is 0.461. The van der Waals surface area contributed by atoms with Gasteiger partial charge < -0.3 is 0 Å². The van der Waals surface area contributed by atoms with Crippen LogP contribution >= 0.6 is 0 Å². The van der Waals surface area contributed by atoms with Gasteiger partial charge in [-0.25, -0.2) is 0 Å². The fraction of sp³-hybridized carbons (Fsp3) is 0.273. The van der Waals surface area contributed by atoms with Crippen molar-refractivity contribution in [2.75, 3.05) is 5.75 Å². The zero-order valence-corrected chi connectivity index (χ0v) is 10.0. The highest BCUT2D eigenvalue weighted by Crippen LogP contribution is 2.24. The predicted molar refractivity (Wildman–Crippen MR) is 63.9 cm³/mol. The molecule has 1 unspecified atom stereocenters. The first-order valence-corrected chi connectivity index (χ1v) is 6.01. The molecule has 5 heteroatoms. The molecule has 4 nitrogen and oxygen atoms in total. The molecule has 0 aromatic heterocycles. The molecular weight excluding hydrogens is 226 g/mol. The van der Waals surface area contributed by atoms with E-state index in [2.05, 4.69) is 6.58 Å². The van der Waals surface area contributed by atoms with Crippen molar-refractivity contribution in [1.29, 1.82) is 0 Å². The van der Waals surface area contributed by atoms with Crippen LogP contribution in [0.2, 0.25) is 0 Å². The first-order chi connectivity index (χ1) is 7.41. The number of aryl methyl sites for hydroxylation is 1. The lowest BCUT2D eigenvalue weighted by Gasteiger charge is -2.03. The second-order valence-corrected chi connectivity index (χ2v) is 5.09. The molecule has 0 aliphatic heterocycles. The molecule has 1 aromatic carbocycles. The number of nitro benzene ring substituents is 1. The highest BCUT2D eigenvalue weighted by atomic mass is 32.2. The first-order valence-electron chi connectivity index (χ1n) is 4.69. The molecule has 1 aromatic rings. The molecule has 0 saturated carbocycles. The molecule has 0 aliphatic carbocycles. The third-order valence-electron chi connectivity index (χ3n) is 1.93. The zero-order valence-electron chi connectivity index (χ0n) is 9.23. The minimum Gasteiger partial charge on any atom is -0.258 e. The molecule has 0 heterocycles. The summed E-state index contributed by atoms with van der Waals surface area (Å²) in [5.74, 6) is 0.254. The summed E-state index contributed by atoms with van der Waals surface area (Å²) in [6.45, 7) is 7.16. The highest BCUT2D eigenvalue weighted by Gasteiger charge is 2.18. The predicted octanol–water partition coefficient (Wildman–Crippen LogP) is 2.59. The van der Waals surface area contributed by atoms with Crippen molar-refractivity contribution in [3.05, 3.63) is 46.0 Å². The van der Waals surface area contributed by atoms with Crippen LogP contribution < -0.4 is 0 Å². The topological polar surface area (TPSA) is 60.2 Å². The Labute approximate surface area is 96.6 Å². The molecule has 0 saturated heterocycles. The second kappa shape index (κ2) is 5.03. The first kappa shape index (κ1) is 12.6. The lowest BCUT2D eigenvalue weighted by atomic mass is 10.2. The maximum atomic E-state index is 11.8. The van der Waals surface area contributed by atoms with Crippen LogP contribution in [0.4, 0.5) is 5.69 Å². The number of hydrogen-bond donors (Lipinski definition) is 0. The van der Waals surface area contributed by atoms with Crippen molar-refractivity contribution in [2.45, 2.75) is 18.7 Å². The van der Waals surface area contributed by atoms with Gasteiger partial charge in [0.2, 0.25) is 0 Å². The molecule has 16 heavy (non-hydrogen) atoms. The Kier molecular flexibility index (Phi) is 3.95. The maximum absolute atomic E-state index is 11.8. The molecule has 0 spiro atoms. The van der Waals surface area contributed by atoms with Crippen LogP contribution in [0.3, 0.4) is 0 Å². The molecule has 0 fully saturated rings. The summed E-state index contributed by atoms with van der Waals surface area (Å²) in [7, 11) is -1.40. The average molecular weight is 239 g/mol. The van der Waals surface area contributed by atoms with Crippen molar-refractivity contribution < 1.29 is 9.13 Å².